The molecule has 0 saturated heterocycles. The van der Waals surface area contributed by atoms with Gasteiger partial charge < -0.3 is 0 Å². The summed E-state index contributed by atoms with van der Waals surface area (Å²) in [5, 5.41) is 6.75. The zero-order chi connectivity index (χ0) is 10.9. The second-order valence-corrected chi connectivity index (χ2v) is 3.50. The summed E-state index contributed by atoms with van der Waals surface area (Å²) in [5.41, 5.74) is 2.24. The smallest absolute Gasteiger partial charge is 0.144 e. The molecule has 4 heteroatoms. The molecule has 1 aromatic heterocycles. The monoisotopic (exact) mass is 194 g/mol. The van der Waals surface area contributed by atoms with Crippen LogP contribution in [-0.4, -0.2) is 21.8 Å². The van der Waals surface area contributed by atoms with Gasteiger partial charge in [-0.1, -0.05) is 0 Å². The Morgan fingerprint density at radius 2 is 1.71 bits per heavy atom. The lowest BCUT2D eigenvalue weighted by molar-refractivity contribution is -0.126. The van der Waals surface area contributed by atoms with E-state index in [9.17, 15) is 9.59 Å². The van der Waals surface area contributed by atoms with Crippen LogP contribution in [0.2, 0.25) is 0 Å². The van der Waals surface area contributed by atoms with Crippen LogP contribution in [0, 0.1) is 13.8 Å². The van der Waals surface area contributed by atoms with Crippen molar-refractivity contribution in [2.75, 3.05) is 0 Å². The van der Waals surface area contributed by atoms with Gasteiger partial charge in [-0.2, -0.15) is 5.10 Å². The van der Waals surface area contributed by atoms with Gasteiger partial charge in [-0.25, -0.2) is 0 Å². The second kappa shape index (κ2) is 3.74. The third-order valence-electron chi connectivity index (χ3n) is 2.29. The molecule has 76 valence electrons. The SMILES string of the molecule is CC(=O)C(C(C)=O)c1c(C)n[nH]c1C. The summed E-state index contributed by atoms with van der Waals surface area (Å²) in [6.07, 6.45) is 0. The topological polar surface area (TPSA) is 62.8 Å². The molecule has 0 saturated carbocycles. The van der Waals surface area contributed by atoms with E-state index in [1.165, 1.54) is 13.8 Å². The van der Waals surface area contributed by atoms with Crippen molar-refractivity contribution in [3.63, 3.8) is 0 Å². The van der Waals surface area contributed by atoms with Crippen LogP contribution in [0.15, 0.2) is 0 Å². The molecule has 1 rings (SSSR count). The van der Waals surface area contributed by atoms with Crippen LogP contribution in [0.1, 0.15) is 36.7 Å². The lowest BCUT2D eigenvalue weighted by atomic mass is 9.90. The summed E-state index contributed by atoms with van der Waals surface area (Å²) in [5.74, 6) is -0.927. The lowest BCUT2D eigenvalue weighted by Gasteiger charge is -2.10. The Balaban J connectivity index is 3.24. The number of aromatic amines is 1. The highest BCUT2D eigenvalue weighted by Gasteiger charge is 2.26. The zero-order valence-electron chi connectivity index (χ0n) is 8.84. The van der Waals surface area contributed by atoms with E-state index in [4.69, 9.17) is 0 Å². The van der Waals surface area contributed by atoms with E-state index in [0.29, 0.717) is 0 Å². The number of nitrogens with one attached hydrogen (secondary N) is 1. The highest BCUT2D eigenvalue weighted by Crippen LogP contribution is 2.23. The number of Topliss-reactive ketones (excluding diaryl/α,β-unsaturated/α-hetero) is 2. The maximum absolute atomic E-state index is 11.3. The van der Waals surface area contributed by atoms with Crippen molar-refractivity contribution >= 4 is 11.6 Å². The van der Waals surface area contributed by atoms with Crippen molar-refractivity contribution in [1.29, 1.82) is 0 Å². The highest BCUT2D eigenvalue weighted by atomic mass is 16.1. The number of rotatable bonds is 3. The maximum Gasteiger partial charge on any atom is 0.144 e. The minimum absolute atomic E-state index is 0.134. The van der Waals surface area contributed by atoms with Gasteiger partial charge in [-0.15, -0.1) is 0 Å². The molecular formula is C10H14N2O2. The fourth-order valence-electron chi connectivity index (χ4n) is 1.68. The van der Waals surface area contributed by atoms with Gasteiger partial charge in [0.05, 0.1) is 5.69 Å². The van der Waals surface area contributed by atoms with Crippen LogP contribution in [0.25, 0.3) is 0 Å². The Hall–Kier alpha value is -1.45. The number of carbonyl (C=O) groups excluding carboxylic acids is 2. The van der Waals surface area contributed by atoms with Crippen LogP contribution in [0.4, 0.5) is 0 Å². The van der Waals surface area contributed by atoms with Crippen LogP contribution in [0.3, 0.4) is 0 Å². The van der Waals surface area contributed by atoms with E-state index in [-0.39, 0.29) is 11.6 Å². The van der Waals surface area contributed by atoms with E-state index in [1.807, 2.05) is 6.92 Å². The zero-order valence-corrected chi connectivity index (χ0v) is 8.84. The molecule has 0 aliphatic heterocycles. The molecule has 0 unspecified atom stereocenters. The predicted octanol–water partition coefficient (Wildman–Crippen LogP) is 1.29. The Labute approximate surface area is 82.7 Å². The van der Waals surface area contributed by atoms with Crippen molar-refractivity contribution in [1.82, 2.24) is 10.2 Å². The van der Waals surface area contributed by atoms with E-state index in [1.54, 1.807) is 6.92 Å². The Morgan fingerprint density at radius 1 is 1.21 bits per heavy atom. The van der Waals surface area contributed by atoms with Gasteiger partial charge in [0.25, 0.3) is 0 Å². The van der Waals surface area contributed by atoms with Crippen molar-refractivity contribution in [3.8, 4) is 0 Å². The molecule has 0 aliphatic carbocycles. The summed E-state index contributed by atoms with van der Waals surface area (Å²) in [4.78, 5) is 22.7. The molecule has 1 N–H and O–H groups in total. The van der Waals surface area contributed by atoms with E-state index < -0.39 is 5.92 Å². The molecule has 1 aromatic rings. The maximum atomic E-state index is 11.3. The molecular weight excluding hydrogens is 180 g/mol. The Bertz CT molecular complexity index is 346. The number of aryl methyl sites for hydroxylation is 2. The number of ketones is 2. The molecule has 0 spiro atoms. The standard InChI is InChI=1S/C10H14N2O2/c1-5-9(6(2)12-11-5)10(7(3)13)8(4)14/h10H,1-4H3,(H,11,12). The fraction of sp³-hybridized carbons (Fsp3) is 0.500. The summed E-state index contributed by atoms with van der Waals surface area (Å²) >= 11 is 0. The number of carbonyl (C=O) groups is 2. The number of aromatic nitrogens is 2. The average molecular weight is 194 g/mol. The minimum atomic E-state index is -0.659. The first-order valence-corrected chi connectivity index (χ1v) is 4.47. The normalized spacial score (nSPS) is 10.6. The van der Waals surface area contributed by atoms with Crippen molar-refractivity contribution in [2.24, 2.45) is 0 Å². The molecule has 0 aliphatic rings. The quantitative estimate of drug-likeness (QED) is 0.737. The van der Waals surface area contributed by atoms with Gasteiger partial charge >= 0.3 is 0 Å². The molecule has 14 heavy (non-hydrogen) atoms. The third kappa shape index (κ3) is 1.73. The van der Waals surface area contributed by atoms with Gasteiger partial charge in [-0.3, -0.25) is 14.7 Å². The number of H-pyrrole nitrogens is 1. The Kier molecular flexibility index (Phi) is 2.84. The van der Waals surface area contributed by atoms with E-state index in [0.717, 1.165) is 17.0 Å². The summed E-state index contributed by atoms with van der Waals surface area (Å²) in [6.45, 7) is 6.46. The van der Waals surface area contributed by atoms with Crippen molar-refractivity contribution in [3.05, 3.63) is 17.0 Å². The first-order valence-electron chi connectivity index (χ1n) is 4.47. The third-order valence-corrected chi connectivity index (χ3v) is 2.29. The number of hydrogen-bond donors (Lipinski definition) is 1. The van der Waals surface area contributed by atoms with Crippen molar-refractivity contribution in [2.45, 2.75) is 33.6 Å². The molecule has 0 amide bonds. The van der Waals surface area contributed by atoms with Crippen LogP contribution in [0.5, 0.6) is 0 Å². The molecule has 0 radical (unpaired) electrons. The average Bonchev–Trinajstić information content (AvgIpc) is 2.34. The molecule has 1 heterocycles. The number of hydrogen-bond acceptors (Lipinski definition) is 3. The van der Waals surface area contributed by atoms with Gasteiger partial charge in [0, 0.05) is 11.3 Å². The summed E-state index contributed by atoms with van der Waals surface area (Å²) < 4.78 is 0. The molecule has 0 aromatic carbocycles. The lowest BCUT2D eigenvalue weighted by Crippen LogP contribution is -2.18. The largest absolute Gasteiger partial charge is 0.299 e. The molecule has 0 bridgehead atoms. The van der Waals surface area contributed by atoms with E-state index >= 15 is 0 Å². The van der Waals surface area contributed by atoms with Crippen LogP contribution >= 0.6 is 0 Å². The van der Waals surface area contributed by atoms with Gasteiger partial charge in [0.15, 0.2) is 0 Å². The minimum Gasteiger partial charge on any atom is -0.299 e. The van der Waals surface area contributed by atoms with Crippen LogP contribution < -0.4 is 0 Å². The second-order valence-electron chi connectivity index (χ2n) is 3.50. The first kappa shape index (κ1) is 10.6. The molecule has 4 nitrogen and oxygen atoms in total. The van der Waals surface area contributed by atoms with Crippen LogP contribution in [-0.2, 0) is 9.59 Å². The molecule has 0 fully saturated rings. The van der Waals surface area contributed by atoms with Gasteiger partial charge in [0.1, 0.15) is 17.5 Å². The highest BCUT2D eigenvalue weighted by molar-refractivity contribution is 6.06. The Morgan fingerprint density at radius 3 is 2.00 bits per heavy atom. The fourth-order valence-corrected chi connectivity index (χ4v) is 1.68. The number of nitrogens with zero attached hydrogens (tertiary/aromatic N) is 1. The van der Waals surface area contributed by atoms with Gasteiger partial charge in [-0.05, 0) is 27.7 Å². The molecule has 0 atom stereocenters. The van der Waals surface area contributed by atoms with Gasteiger partial charge in [0.2, 0.25) is 0 Å². The summed E-state index contributed by atoms with van der Waals surface area (Å²) in [6, 6.07) is 0. The first-order chi connectivity index (χ1) is 6.45. The summed E-state index contributed by atoms with van der Waals surface area (Å²) in [7, 11) is 0. The van der Waals surface area contributed by atoms with Crippen molar-refractivity contribution < 1.29 is 9.59 Å². The van der Waals surface area contributed by atoms with E-state index in [2.05, 4.69) is 10.2 Å². The predicted molar refractivity (Wildman–Crippen MR) is 52.2 cm³/mol.